The first-order chi connectivity index (χ1) is 9.04. The average molecular weight is 299 g/mol. The third-order valence-corrected chi connectivity index (χ3v) is 3.75. The van der Waals surface area contributed by atoms with Crippen LogP contribution >= 0.6 is 0 Å². The second kappa shape index (κ2) is 5.71. The number of hydrogen-bond donors (Lipinski definition) is 2. The Morgan fingerprint density at radius 3 is 2.25 bits per heavy atom. The minimum atomic E-state index is -4.47. The van der Waals surface area contributed by atoms with Crippen molar-refractivity contribution in [1.82, 2.24) is 0 Å². The summed E-state index contributed by atoms with van der Waals surface area (Å²) in [5.74, 6) is 6.34. The van der Waals surface area contributed by atoms with Gasteiger partial charge < -0.3 is 9.66 Å². The lowest BCUT2D eigenvalue weighted by Crippen LogP contribution is -2.47. The highest BCUT2D eigenvalue weighted by Crippen LogP contribution is 2.19. The molecule has 3 N–H and O–H groups in total. The van der Waals surface area contributed by atoms with E-state index in [0.717, 1.165) is 11.9 Å². The Bertz CT molecular complexity index is 663. The van der Waals surface area contributed by atoms with Crippen molar-refractivity contribution >= 4 is 16.0 Å². The molecule has 0 bridgehead atoms. The Kier molecular flexibility index (Phi) is 4.66. The van der Waals surface area contributed by atoms with Crippen molar-refractivity contribution in [3.63, 3.8) is 0 Å². The minimum Gasteiger partial charge on any atom is -0.744 e. The van der Waals surface area contributed by atoms with Gasteiger partial charge >= 0.3 is 0 Å². The second-order valence-electron chi connectivity index (χ2n) is 4.53. The molecule has 0 spiro atoms. The lowest BCUT2D eigenvalue weighted by atomic mass is 10.2. The summed E-state index contributed by atoms with van der Waals surface area (Å²) < 4.78 is 31.9. The third-order valence-electron chi connectivity index (χ3n) is 2.78. The first-order valence-corrected chi connectivity index (χ1v) is 7.08. The van der Waals surface area contributed by atoms with Crippen molar-refractivity contribution in [2.24, 2.45) is 10.8 Å². The molecule has 110 valence electrons. The Morgan fingerprint density at radius 2 is 1.95 bits per heavy atom. The van der Waals surface area contributed by atoms with Gasteiger partial charge in [-0.25, -0.2) is 13.4 Å². The number of phenols is 1. The molecule has 1 atom stereocenters. The lowest BCUT2D eigenvalue weighted by Gasteiger charge is -2.16. The molecule has 1 heterocycles. The van der Waals surface area contributed by atoms with Crippen LogP contribution in [0.3, 0.4) is 0 Å². The van der Waals surface area contributed by atoms with Crippen LogP contribution in [0.1, 0.15) is 12.5 Å². The van der Waals surface area contributed by atoms with Crippen molar-refractivity contribution < 1.29 is 22.7 Å². The molecular formula is C12H17N3O4S. The molecule has 0 saturated heterocycles. The van der Waals surface area contributed by atoms with Crippen molar-refractivity contribution in [2.75, 3.05) is 7.05 Å². The van der Waals surface area contributed by atoms with E-state index in [2.05, 4.69) is 4.99 Å². The van der Waals surface area contributed by atoms with Gasteiger partial charge in [-0.2, -0.15) is 10.4 Å². The number of phenolic OH excluding ortho intramolecular Hbond substituents is 1. The Hall–Kier alpha value is -1.74. The van der Waals surface area contributed by atoms with Gasteiger partial charge in [-0.05, 0) is 24.6 Å². The predicted molar refractivity (Wildman–Crippen MR) is 73.4 cm³/mol. The first-order valence-electron chi connectivity index (χ1n) is 5.67. The molecule has 2 rings (SSSR count). The van der Waals surface area contributed by atoms with Gasteiger partial charge in [0.05, 0.1) is 18.1 Å². The van der Waals surface area contributed by atoms with Crippen LogP contribution in [0.15, 0.2) is 40.5 Å². The fourth-order valence-electron chi connectivity index (χ4n) is 1.37. The van der Waals surface area contributed by atoms with Gasteiger partial charge in [-0.3, -0.25) is 0 Å². The zero-order valence-corrected chi connectivity index (χ0v) is 12.3. The maximum atomic E-state index is 10.5. The quantitative estimate of drug-likeness (QED) is 0.452. The number of amidine groups is 1. The highest BCUT2D eigenvalue weighted by Gasteiger charge is 2.20. The number of nitrogens with two attached hydrogens (primary N) is 1. The van der Waals surface area contributed by atoms with Gasteiger partial charge in [0.15, 0.2) is 0 Å². The van der Waals surface area contributed by atoms with Crippen LogP contribution in [-0.2, 0) is 10.1 Å². The first kappa shape index (κ1) is 16.3. The Balaban J connectivity index is 0.000000217. The number of benzene rings is 1. The SMILES string of the molecule is CC1=NC=C[N+]1(C)N.Cc1ccc(O)cc1S(=O)(=O)[O-]. The maximum absolute atomic E-state index is 10.5. The highest BCUT2D eigenvalue weighted by atomic mass is 32.2. The zero-order chi connectivity index (χ0) is 15.6. The third kappa shape index (κ3) is 4.14. The molecule has 0 fully saturated rings. The molecular weight excluding hydrogens is 282 g/mol. The molecule has 1 aliphatic heterocycles. The summed E-state index contributed by atoms with van der Waals surface area (Å²) in [6.07, 6.45) is 3.55. The van der Waals surface area contributed by atoms with E-state index in [9.17, 15) is 13.0 Å². The number of aryl methyl sites for hydroxylation is 1. The van der Waals surface area contributed by atoms with Crippen LogP contribution in [0.5, 0.6) is 5.75 Å². The second-order valence-corrected chi connectivity index (χ2v) is 5.87. The van der Waals surface area contributed by atoms with Crippen LogP contribution in [0, 0.1) is 6.92 Å². The van der Waals surface area contributed by atoms with Gasteiger partial charge in [-0.1, -0.05) is 6.07 Å². The normalized spacial score (nSPS) is 21.1. The summed E-state index contributed by atoms with van der Waals surface area (Å²) in [6.45, 7) is 3.39. The molecule has 0 aliphatic carbocycles. The van der Waals surface area contributed by atoms with Gasteiger partial charge in [0.25, 0.3) is 0 Å². The van der Waals surface area contributed by atoms with Crippen molar-refractivity contribution in [3.8, 4) is 5.75 Å². The predicted octanol–water partition coefficient (Wildman–Crippen LogP) is 0.815. The molecule has 1 aliphatic rings. The van der Waals surface area contributed by atoms with Crippen molar-refractivity contribution in [1.29, 1.82) is 0 Å². The number of hydrogen-bond acceptors (Lipinski definition) is 6. The average Bonchev–Trinajstić information content (AvgIpc) is 2.60. The molecule has 1 unspecified atom stereocenters. The molecule has 7 nitrogen and oxygen atoms in total. The molecule has 20 heavy (non-hydrogen) atoms. The van der Waals surface area contributed by atoms with Crippen LogP contribution in [0.2, 0.25) is 0 Å². The van der Waals surface area contributed by atoms with E-state index >= 15 is 0 Å². The van der Waals surface area contributed by atoms with E-state index in [1.54, 1.807) is 6.20 Å². The van der Waals surface area contributed by atoms with Gasteiger partial charge in [-0.15, -0.1) is 0 Å². The van der Waals surface area contributed by atoms with Crippen molar-refractivity contribution in [3.05, 3.63) is 36.2 Å². The van der Waals surface area contributed by atoms with E-state index in [-0.39, 0.29) is 10.6 Å². The Labute approximate surface area is 118 Å². The summed E-state index contributed by atoms with van der Waals surface area (Å²) >= 11 is 0. The molecule has 0 amide bonds. The fraction of sp³-hybridized carbons (Fsp3) is 0.250. The van der Waals surface area contributed by atoms with Crippen LogP contribution in [-0.4, -0.2) is 35.6 Å². The van der Waals surface area contributed by atoms with Crippen molar-refractivity contribution in [2.45, 2.75) is 18.7 Å². The van der Waals surface area contributed by atoms with Gasteiger partial charge in [0.2, 0.25) is 5.84 Å². The molecule has 0 aromatic heterocycles. The highest BCUT2D eigenvalue weighted by molar-refractivity contribution is 7.85. The summed E-state index contributed by atoms with van der Waals surface area (Å²) in [5.41, 5.74) is 0.336. The smallest absolute Gasteiger partial charge is 0.223 e. The van der Waals surface area contributed by atoms with E-state index < -0.39 is 10.1 Å². The van der Waals surface area contributed by atoms with Crippen LogP contribution < -0.4 is 5.84 Å². The fourth-order valence-corrected chi connectivity index (χ4v) is 2.10. The summed E-state index contributed by atoms with van der Waals surface area (Å²) in [6, 6.07) is 3.64. The maximum Gasteiger partial charge on any atom is 0.223 e. The molecule has 0 saturated carbocycles. The van der Waals surface area contributed by atoms with Crippen LogP contribution in [0.4, 0.5) is 0 Å². The Morgan fingerprint density at radius 1 is 1.35 bits per heavy atom. The topological polar surface area (TPSA) is 116 Å². The van der Waals surface area contributed by atoms with E-state index in [1.165, 1.54) is 19.1 Å². The minimum absolute atomic E-state index is 0.227. The number of rotatable bonds is 1. The lowest BCUT2D eigenvalue weighted by molar-refractivity contribution is -0.776. The molecule has 8 heteroatoms. The standard InChI is InChI=1S/C7H8O4S.C5H10N3/c1-5-2-3-6(8)4-7(5)12(9,10)11;1-5-7-3-4-8(5,2)6/h2-4,8H,1H3,(H,9,10,11);3-4H,6H2,1-2H3/q;+1/p-1. The van der Waals surface area contributed by atoms with E-state index in [0.29, 0.717) is 10.2 Å². The number of aliphatic imine (C=N–C) groups is 1. The number of quaternary nitrogens is 1. The number of aromatic hydroxyl groups is 1. The monoisotopic (exact) mass is 299 g/mol. The zero-order valence-electron chi connectivity index (χ0n) is 11.4. The molecule has 1 aromatic carbocycles. The molecule has 1 aromatic rings. The van der Waals surface area contributed by atoms with Crippen LogP contribution in [0.25, 0.3) is 0 Å². The van der Waals surface area contributed by atoms with E-state index in [1.807, 2.05) is 20.2 Å². The van der Waals surface area contributed by atoms with Gasteiger partial charge in [0, 0.05) is 6.92 Å². The summed E-state index contributed by atoms with van der Waals surface area (Å²) in [7, 11) is -2.59. The van der Waals surface area contributed by atoms with E-state index in [4.69, 9.17) is 10.9 Å². The summed E-state index contributed by atoms with van der Waals surface area (Å²) in [4.78, 5) is 3.60. The van der Waals surface area contributed by atoms with Gasteiger partial charge in [0.1, 0.15) is 22.1 Å². The molecule has 0 radical (unpaired) electrons. The summed E-state index contributed by atoms with van der Waals surface area (Å²) in [5, 5.41) is 8.90. The largest absolute Gasteiger partial charge is 0.744 e. The number of nitrogens with zero attached hydrogens (tertiary/aromatic N) is 2.